The Balaban J connectivity index is 2.50. The Morgan fingerprint density at radius 2 is 2.15 bits per heavy atom. The molecule has 0 saturated carbocycles. The van der Waals surface area contributed by atoms with Crippen molar-refractivity contribution in [3.05, 3.63) is 29.8 Å². The van der Waals surface area contributed by atoms with E-state index >= 15 is 0 Å². The van der Waals surface area contributed by atoms with Crippen LogP contribution in [-0.2, 0) is 4.79 Å². The van der Waals surface area contributed by atoms with Crippen LogP contribution in [0.4, 0.5) is 5.69 Å². The minimum absolute atomic E-state index is 0.0180. The van der Waals surface area contributed by atoms with Crippen LogP contribution in [0, 0.1) is 11.8 Å². The highest BCUT2D eigenvalue weighted by Crippen LogP contribution is 2.31. The molecular formula is C11H9NO. The second-order valence-corrected chi connectivity index (χ2v) is 2.90. The number of nitrogens with one attached hydrogen (secondary N) is 1. The largest absolute Gasteiger partial charge is 0.324 e. The average molecular weight is 171 g/mol. The van der Waals surface area contributed by atoms with Gasteiger partial charge in [-0.15, -0.1) is 5.92 Å². The van der Waals surface area contributed by atoms with E-state index in [1.165, 1.54) is 0 Å². The van der Waals surface area contributed by atoms with E-state index in [0.717, 1.165) is 11.3 Å². The fourth-order valence-corrected chi connectivity index (χ4v) is 1.50. The lowest BCUT2D eigenvalue weighted by Gasteiger charge is -1.97. The van der Waals surface area contributed by atoms with Gasteiger partial charge < -0.3 is 5.32 Å². The summed E-state index contributed by atoms with van der Waals surface area (Å²) in [6, 6.07) is 7.65. The maximum Gasteiger partial charge on any atom is 0.244 e. The van der Waals surface area contributed by atoms with E-state index in [1.807, 2.05) is 24.3 Å². The Hall–Kier alpha value is -1.75. The van der Waals surface area contributed by atoms with Gasteiger partial charge in [0.1, 0.15) is 5.92 Å². The molecule has 0 aliphatic carbocycles. The molecule has 0 spiro atoms. The summed E-state index contributed by atoms with van der Waals surface area (Å²) >= 11 is 0. The van der Waals surface area contributed by atoms with Crippen molar-refractivity contribution in [1.82, 2.24) is 0 Å². The number of anilines is 1. The Bertz CT molecular complexity index is 412. The van der Waals surface area contributed by atoms with Gasteiger partial charge in [0.15, 0.2) is 0 Å². The molecule has 1 heterocycles. The Morgan fingerprint density at radius 1 is 1.38 bits per heavy atom. The maximum atomic E-state index is 11.4. The first-order chi connectivity index (χ1) is 6.33. The van der Waals surface area contributed by atoms with E-state index < -0.39 is 0 Å². The highest BCUT2D eigenvalue weighted by Gasteiger charge is 2.27. The van der Waals surface area contributed by atoms with E-state index in [4.69, 9.17) is 0 Å². The minimum atomic E-state index is -0.277. The number of hydrogen-bond donors (Lipinski definition) is 1. The van der Waals surface area contributed by atoms with Crippen molar-refractivity contribution in [3.8, 4) is 11.8 Å². The van der Waals surface area contributed by atoms with E-state index in [-0.39, 0.29) is 11.8 Å². The molecule has 0 aromatic heterocycles. The molecule has 2 heteroatoms. The average Bonchev–Trinajstić information content (AvgIpc) is 2.44. The van der Waals surface area contributed by atoms with Gasteiger partial charge in [0, 0.05) is 11.3 Å². The molecule has 2 nitrogen and oxygen atoms in total. The zero-order valence-corrected chi connectivity index (χ0v) is 7.29. The molecule has 1 aromatic rings. The molecule has 0 radical (unpaired) electrons. The van der Waals surface area contributed by atoms with Gasteiger partial charge in [-0.05, 0) is 13.0 Å². The molecule has 1 unspecified atom stereocenters. The van der Waals surface area contributed by atoms with Gasteiger partial charge in [-0.1, -0.05) is 24.1 Å². The third kappa shape index (κ3) is 1.19. The van der Waals surface area contributed by atoms with E-state index in [1.54, 1.807) is 6.92 Å². The number of hydrogen-bond acceptors (Lipinski definition) is 1. The first-order valence-electron chi connectivity index (χ1n) is 4.15. The lowest BCUT2D eigenvalue weighted by Crippen LogP contribution is -2.09. The molecule has 1 amide bonds. The normalized spacial score (nSPS) is 18.5. The fourth-order valence-electron chi connectivity index (χ4n) is 1.50. The highest BCUT2D eigenvalue weighted by molar-refractivity contribution is 6.04. The Kier molecular flexibility index (Phi) is 1.79. The number of fused-ring (bicyclic) bond motifs is 1. The van der Waals surface area contributed by atoms with Gasteiger partial charge in [-0.3, -0.25) is 4.79 Å². The Morgan fingerprint density at radius 3 is 2.92 bits per heavy atom. The second-order valence-electron chi connectivity index (χ2n) is 2.90. The van der Waals surface area contributed by atoms with Gasteiger partial charge in [-0.25, -0.2) is 0 Å². The van der Waals surface area contributed by atoms with E-state index in [9.17, 15) is 4.79 Å². The van der Waals surface area contributed by atoms with Crippen molar-refractivity contribution < 1.29 is 4.79 Å². The smallest absolute Gasteiger partial charge is 0.244 e. The van der Waals surface area contributed by atoms with Crippen molar-refractivity contribution in [1.29, 1.82) is 0 Å². The summed E-state index contributed by atoms with van der Waals surface area (Å²) in [4.78, 5) is 11.4. The number of carbonyl (C=O) groups is 1. The molecule has 1 aliphatic heterocycles. The summed E-state index contributed by atoms with van der Waals surface area (Å²) in [5, 5.41) is 2.79. The molecule has 2 rings (SSSR count). The number of para-hydroxylation sites is 1. The summed E-state index contributed by atoms with van der Waals surface area (Å²) in [7, 11) is 0. The standard InChI is InChI=1S/C11H9NO/c1-2-5-9-8-6-3-4-7-10(8)12-11(9)13/h3-4,6-7,9H,1H3,(H,12,13). The zero-order chi connectivity index (χ0) is 9.26. The van der Waals surface area contributed by atoms with Crippen LogP contribution in [0.2, 0.25) is 0 Å². The zero-order valence-electron chi connectivity index (χ0n) is 7.29. The lowest BCUT2D eigenvalue weighted by molar-refractivity contribution is -0.115. The molecule has 1 aromatic carbocycles. The van der Waals surface area contributed by atoms with Gasteiger partial charge in [-0.2, -0.15) is 0 Å². The SMILES string of the molecule is CC#CC1C(=O)Nc2ccccc21. The fraction of sp³-hybridized carbons (Fsp3) is 0.182. The molecule has 0 saturated heterocycles. The lowest BCUT2D eigenvalue weighted by atomic mass is 10.0. The van der Waals surface area contributed by atoms with E-state index in [0.29, 0.717) is 0 Å². The molecule has 64 valence electrons. The van der Waals surface area contributed by atoms with Crippen LogP contribution < -0.4 is 5.32 Å². The van der Waals surface area contributed by atoms with Gasteiger partial charge >= 0.3 is 0 Å². The highest BCUT2D eigenvalue weighted by atomic mass is 16.2. The van der Waals surface area contributed by atoms with Gasteiger partial charge in [0.25, 0.3) is 0 Å². The summed E-state index contributed by atoms with van der Waals surface area (Å²) < 4.78 is 0. The molecule has 0 bridgehead atoms. The first-order valence-corrected chi connectivity index (χ1v) is 4.15. The molecule has 13 heavy (non-hydrogen) atoms. The van der Waals surface area contributed by atoms with Crippen LogP contribution >= 0.6 is 0 Å². The first kappa shape index (κ1) is 7.88. The summed E-state index contributed by atoms with van der Waals surface area (Å²) in [5.41, 5.74) is 1.88. The summed E-state index contributed by atoms with van der Waals surface area (Å²) in [6.07, 6.45) is 0. The Labute approximate surface area is 77.0 Å². The molecular weight excluding hydrogens is 162 g/mol. The van der Waals surface area contributed by atoms with Crippen molar-refractivity contribution in [3.63, 3.8) is 0 Å². The van der Waals surface area contributed by atoms with Crippen LogP contribution in [0.5, 0.6) is 0 Å². The van der Waals surface area contributed by atoms with Crippen molar-refractivity contribution in [2.45, 2.75) is 12.8 Å². The minimum Gasteiger partial charge on any atom is -0.324 e. The summed E-state index contributed by atoms with van der Waals surface area (Å²) in [5.74, 6) is 5.36. The molecule has 1 N–H and O–H groups in total. The van der Waals surface area contributed by atoms with Crippen LogP contribution in [-0.4, -0.2) is 5.91 Å². The van der Waals surface area contributed by atoms with Crippen molar-refractivity contribution in [2.75, 3.05) is 5.32 Å². The quantitative estimate of drug-likeness (QED) is 0.592. The number of amides is 1. The maximum absolute atomic E-state index is 11.4. The van der Waals surface area contributed by atoms with Crippen LogP contribution in [0.15, 0.2) is 24.3 Å². The van der Waals surface area contributed by atoms with Crippen LogP contribution in [0.3, 0.4) is 0 Å². The number of carbonyl (C=O) groups excluding carboxylic acids is 1. The topological polar surface area (TPSA) is 29.1 Å². The third-order valence-corrected chi connectivity index (χ3v) is 2.08. The molecule has 1 atom stereocenters. The van der Waals surface area contributed by atoms with Crippen LogP contribution in [0.1, 0.15) is 18.4 Å². The molecule has 0 fully saturated rings. The van der Waals surface area contributed by atoms with E-state index in [2.05, 4.69) is 17.2 Å². The predicted molar refractivity (Wildman–Crippen MR) is 51.3 cm³/mol. The number of rotatable bonds is 0. The van der Waals surface area contributed by atoms with Crippen LogP contribution in [0.25, 0.3) is 0 Å². The number of benzene rings is 1. The van der Waals surface area contributed by atoms with Crippen molar-refractivity contribution >= 4 is 11.6 Å². The predicted octanol–water partition coefficient (Wildman–Crippen LogP) is 1.75. The van der Waals surface area contributed by atoms with Gasteiger partial charge in [0.05, 0.1) is 0 Å². The second kappa shape index (κ2) is 2.95. The third-order valence-electron chi connectivity index (χ3n) is 2.08. The summed E-state index contributed by atoms with van der Waals surface area (Å²) in [6.45, 7) is 1.74. The van der Waals surface area contributed by atoms with Crippen molar-refractivity contribution in [2.24, 2.45) is 0 Å². The monoisotopic (exact) mass is 171 g/mol. The molecule has 1 aliphatic rings. The van der Waals surface area contributed by atoms with Gasteiger partial charge in [0.2, 0.25) is 5.91 Å².